The van der Waals surface area contributed by atoms with E-state index in [1.165, 1.54) is 0 Å². The van der Waals surface area contributed by atoms with Gasteiger partial charge in [-0.05, 0) is 45.4 Å². The lowest BCUT2D eigenvalue weighted by atomic mass is 10.1. The van der Waals surface area contributed by atoms with Crippen LogP contribution in [0.15, 0.2) is 24.3 Å². The molecule has 1 atom stereocenters. The van der Waals surface area contributed by atoms with Crippen molar-refractivity contribution in [2.75, 3.05) is 31.6 Å². The minimum absolute atomic E-state index is 0.0593. The van der Waals surface area contributed by atoms with Gasteiger partial charge in [0.05, 0.1) is 24.2 Å². The third-order valence-corrected chi connectivity index (χ3v) is 6.03. The van der Waals surface area contributed by atoms with Crippen molar-refractivity contribution in [2.45, 2.75) is 38.8 Å². The fraction of sp³-hybridized carbons (Fsp3) is 0.611. The predicted octanol–water partition coefficient (Wildman–Crippen LogP) is 1.25. The van der Waals surface area contributed by atoms with Crippen LogP contribution in [0.5, 0.6) is 5.75 Å². The summed E-state index contributed by atoms with van der Waals surface area (Å²) in [6.07, 6.45) is 1.40. The van der Waals surface area contributed by atoms with Crippen LogP contribution in [-0.2, 0) is 21.1 Å². The minimum Gasteiger partial charge on any atom is -0.491 e. The Kier molecular flexibility index (Phi) is 6.84. The van der Waals surface area contributed by atoms with Crippen molar-refractivity contribution in [3.8, 4) is 5.75 Å². The van der Waals surface area contributed by atoms with Crippen LogP contribution in [0.3, 0.4) is 0 Å². The number of hydrogen-bond acceptors (Lipinski definition) is 5. The number of para-hydroxylation sites is 1. The molecule has 0 radical (unpaired) electrons. The first-order valence-electron chi connectivity index (χ1n) is 8.69. The van der Waals surface area contributed by atoms with Gasteiger partial charge in [0, 0.05) is 12.6 Å². The third-order valence-electron chi connectivity index (χ3n) is 4.28. The lowest BCUT2D eigenvalue weighted by molar-refractivity contribution is -0.122. The Labute approximate surface area is 150 Å². The molecule has 1 amide bonds. The van der Waals surface area contributed by atoms with Crippen LogP contribution in [-0.4, -0.2) is 63.0 Å². The van der Waals surface area contributed by atoms with Crippen LogP contribution in [0.4, 0.5) is 0 Å². The summed E-state index contributed by atoms with van der Waals surface area (Å²) in [7, 11) is -1.13. The number of carbonyl (C=O) groups excluding carboxylic acids is 1. The van der Waals surface area contributed by atoms with E-state index in [1.807, 2.05) is 43.0 Å². The zero-order valence-electron chi connectivity index (χ0n) is 15.2. The lowest BCUT2D eigenvalue weighted by Crippen LogP contribution is -2.41. The van der Waals surface area contributed by atoms with Crippen LogP contribution in [0.1, 0.15) is 25.8 Å². The number of carbonyl (C=O) groups is 1. The summed E-state index contributed by atoms with van der Waals surface area (Å²) >= 11 is 0. The molecule has 0 bridgehead atoms. The van der Waals surface area contributed by atoms with Crippen molar-refractivity contribution >= 4 is 15.7 Å². The summed E-state index contributed by atoms with van der Waals surface area (Å²) in [5.74, 6) is 1.13. The average molecular weight is 368 g/mol. The number of ether oxygens (including phenoxy) is 1. The fourth-order valence-electron chi connectivity index (χ4n) is 2.95. The van der Waals surface area contributed by atoms with E-state index in [0.29, 0.717) is 19.4 Å². The summed E-state index contributed by atoms with van der Waals surface area (Å²) < 4.78 is 28.8. The van der Waals surface area contributed by atoms with Gasteiger partial charge in [-0.15, -0.1) is 0 Å². The highest BCUT2D eigenvalue weighted by Gasteiger charge is 2.31. The summed E-state index contributed by atoms with van der Waals surface area (Å²) in [6.45, 7) is 4.70. The van der Waals surface area contributed by atoms with Gasteiger partial charge >= 0.3 is 0 Å². The van der Waals surface area contributed by atoms with Gasteiger partial charge in [-0.3, -0.25) is 9.69 Å². The summed E-state index contributed by atoms with van der Waals surface area (Å²) in [4.78, 5) is 13.9. The molecule has 0 aliphatic carbocycles. The van der Waals surface area contributed by atoms with E-state index in [-0.39, 0.29) is 36.1 Å². The molecule has 2 rings (SSSR count). The van der Waals surface area contributed by atoms with E-state index in [9.17, 15) is 13.2 Å². The molecule has 1 N–H and O–H groups in total. The van der Waals surface area contributed by atoms with E-state index in [2.05, 4.69) is 5.32 Å². The van der Waals surface area contributed by atoms with E-state index in [0.717, 1.165) is 11.3 Å². The highest BCUT2D eigenvalue weighted by Crippen LogP contribution is 2.19. The van der Waals surface area contributed by atoms with Gasteiger partial charge in [-0.2, -0.15) is 0 Å². The second-order valence-electron chi connectivity index (χ2n) is 6.85. The number of amides is 1. The number of hydrogen-bond donors (Lipinski definition) is 1. The Bertz CT molecular complexity index is 688. The van der Waals surface area contributed by atoms with Gasteiger partial charge in [0.25, 0.3) is 0 Å². The Morgan fingerprint density at radius 1 is 1.36 bits per heavy atom. The van der Waals surface area contributed by atoms with Crippen molar-refractivity contribution in [2.24, 2.45) is 0 Å². The minimum atomic E-state index is -2.93. The smallest absolute Gasteiger partial charge is 0.234 e. The van der Waals surface area contributed by atoms with E-state index in [1.54, 1.807) is 7.05 Å². The molecule has 7 heteroatoms. The van der Waals surface area contributed by atoms with Crippen LogP contribution in [0, 0.1) is 0 Å². The van der Waals surface area contributed by atoms with Crippen molar-refractivity contribution in [1.29, 1.82) is 0 Å². The molecule has 1 heterocycles. The standard InChI is InChI=1S/C18H28N2O4S/c1-14(2)24-17-7-5-4-6-15(17)8-10-19-18(21)12-20(3)16-9-11-25(22,23)13-16/h4-7,14,16H,8-13H2,1-3H3,(H,19,21)/t16-/m0/s1. The summed E-state index contributed by atoms with van der Waals surface area (Å²) in [5.41, 5.74) is 1.06. The SMILES string of the molecule is CC(C)Oc1ccccc1CCNC(=O)CN(C)[C@H]1CCS(=O)(=O)C1. The maximum Gasteiger partial charge on any atom is 0.234 e. The monoisotopic (exact) mass is 368 g/mol. The second-order valence-corrected chi connectivity index (χ2v) is 9.07. The molecule has 140 valence electrons. The molecule has 0 spiro atoms. The lowest BCUT2D eigenvalue weighted by Gasteiger charge is -2.22. The first kappa shape index (κ1) is 19.7. The number of benzene rings is 1. The third kappa shape index (κ3) is 6.32. The maximum atomic E-state index is 12.1. The van der Waals surface area contributed by atoms with Crippen molar-refractivity contribution in [3.05, 3.63) is 29.8 Å². The number of rotatable bonds is 8. The van der Waals surface area contributed by atoms with Gasteiger partial charge in [0.2, 0.25) is 5.91 Å². The van der Waals surface area contributed by atoms with Crippen molar-refractivity contribution in [3.63, 3.8) is 0 Å². The van der Waals surface area contributed by atoms with Gasteiger partial charge in [-0.25, -0.2) is 8.42 Å². The summed E-state index contributed by atoms with van der Waals surface area (Å²) in [6, 6.07) is 7.77. The van der Waals surface area contributed by atoms with Gasteiger partial charge in [-0.1, -0.05) is 18.2 Å². The molecule has 0 aromatic heterocycles. The molecule has 0 saturated carbocycles. The summed E-state index contributed by atoms with van der Waals surface area (Å²) in [5, 5.41) is 2.90. The molecule has 1 fully saturated rings. The molecule has 6 nitrogen and oxygen atoms in total. The molecule has 1 aliphatic heterocycles. The van der Waals surface area contributed by atoms with Gasteiger partial charge in [0.1, 0.15) is 5.75 Å². The molecular weight excluding hydrogens is 340 g/mol. The highest BCUT2D eigenvalue weighted by molar-refractivity contribution is 7.91. The number of likely N-dealkylation sites (N-methyl/N-ethyl adjacent to an activating group) is 1. The van der Waals surface area contributed by atoms with E-state index < -0.39 is 9.84 Å². The van der Waals surface area contributed by atoms with Gasteiger partial charge in [0.15, 0.2) is 9.84 Å². The Morgan fingerprint density at radius 2 is 2.08 bits per heavy atom. The number of nitrogens with zero attached hydrogens (tertiary/aromatic N) is 1. The molecule has 0 unspecified atom stereocenters. The Balaban J connectivity index is 1.77. The first-order valence-corrected chi connectivity index (χ1v) is 10.5. The molecule has 1 aromatic carbocycles. The quantitative estimate of drug-likeness (QED) is 0.747. The van der Waals surface area contributed by atoms with Crippen LogP contribution >= 0.6 is 0 Å². The first-order chi connectivity index (χ1) is 11.8. The molecule has 1 saturated heterocycles. The molecule has 25 heavy (non-hydrogen) atoms. The molecular formula is C18H28N2O4S. The maximum absolute atomic E-state index is 12.1. The zero-order valence-corrected chi connectivity index (χ0v) is 16.0. The van der Waals surface area contributed by atoms with E-state index in [4.69, 9.17) is 4.74 Å². The normalized spacial score (nSPS) is 19.3. The van der Waals surface area contributed by atoms with Crippen molar-refractivity contribution in [1.82, 2.24) is 10.2 Å². The highest BCUT2D eigenvalue weighted by atomic mass is 32.2. The number of sulfone groups is 1. The van der Waals surface area contributed by atoms with Gasteiger partial charge < -0.3 is 10.1 Å². The fourth-order valence-corrected chi connectivity index (χ4v) is 4.76. The van der Waals surface area contributed by atoms with Crippen LogP contribution in [0.25, 0.3) is 0 Å². The second kappa shape index (κ2) is 8.67. The number of nitrogens with one attached hydrogen (secondary N) is 1. The molecule has 1 aromatic rings. The Morgan fingerprint density at radius 3 is 2.72 bits per heavy atom. The topological polar surface area (TPSA) is 75.7 Å². The van der Waals surface area contributed by atoms with Crippen LogP contribution < -0.4 is 10.1 Å². The van der Waals surface area contributed by atoms with Crippen LogP contribution in [0.2, 0.25) is 0 Å². The van der Waals surface area contributed by atoms with E-state index >= 15 is 0 Å². The average Bonchev–Trinajstić information content (AvgIpc) is 2.88. The zero-order chi connectivity index (χ0) is 18.4. The Hall–Kier alpha value is -1.60. The largest absolute Gasteiger partial charge is 0.491 e. The predicted molar refractivity (Wildman–Crippen MR) is 98.6 cm³/mol. The molecule has 1 aliphatic rings. The van der Waals surface area contributed by atoms with Crippen molar-refractivity contribution < 1.29 is 17.9 Å².